The molecule has 3 heteroatoms. The van der Waals surface area contributed by atoms with Gasteiger partial charge in [-0.3, -0.25) is 14.8 Å². The van der Waals surface area contributed by atoms with Gasteiger partial charge >= 0.3 is 0 Å². The number of nitrogens with zero attached hydrogens (tertiary/aromatic N) is 2. The van der Waals surface area contributed by atoms with Crippen molar-refractivity contribution >= 4 is 23.0 Å². The first-order chi connectivity index (χ1) is 13.8. The molecule has 2 heterocycles. The fraction of sp³-hybridized carbons (Fsp3) is 0.160. The molecule has 1 spiro atoms. The number of ketones is 1. The molecule has 1 atom stereocenters. The maximum absolute atomic E-state index is 13.8. The first-order valence-corrected chi connectivity index (χ1v) is 9.76. The third-order valence-corrected chi connectivity index (χ3v) is 6.36. The highest BCUT2D eigenvalue weighted by Crippen LogP contribution is 2.59. The number of carbonyl (C=O) groups excluding carboxylic acids is 1. The summed E-state index contributed by atoms with van der Waals surface area (Å²) in [5.74, 6) is 0.113. The van der Waals surface area contributed by atoms with Crippen molar-refractivity contribution in [3.8, 4) is 0 Å². The van der Waals surface area contributed by atoms with Crippen LogP contribution in [0.2, 0.25) is 0 Å². The normalized spacial score (nSPS) is 21.8. The standard InChI is InChI=1S/C25H18N2O/c28-22-12-11-21-19(10-4-14-27-21)25(22)20-9-2-6-16-5-1-8-18(23(16)20)24(25)17-7-3-13-26-15-17/h2-4,6-7,9-15H,1,5,8H2/t25-/m0/s1. The molecule has 0 aliphatic heterocycles. The molecule has 3 aromatic rings. The van der Waals surface area contributed by atoms with E-state index >= 15 is 0 Å². The number of benzene rings is 1. The third-order valence-electron chi connectivity index (χ3n) is 6.36. The van der Waals surface area contributed by atoms with Crippen LogP contribution >= 0.6 is 0 Å². The van der Waals surface area contributed by atoms with E-state index in [1.165, 1.54) is 16.7 Å². The molecule has 0 bridgehead atoms. The molecular formula is C25H18N2O. The number of rotatable bonds is 1. The lowest BCUT2D eigenvalue weighted by Gasteiger charge is -2.35. The van der Waals surface area contributed by atoms with E-state index < -0.39 is 5.41 Å². The van der Waals surface area contributed by atoms with E-state index in [-0.39, 0.29) is 5.78 Å². The Hall–Kier alpha value is -3.33. The molecule has 28 heavy (non-hydrogen) atoms. The Balaban J connectivity index is 1.81. The molecule has 2 aromatic heterocycles. The molecule has 134 valence electrons. The SMILES string of the molecule is O=C1C=Cc2ncccc2[C@@]12C(c1cccnc1)=C1CCCc3cccc2c31. The summed E-state index contributed by atoms with van der Waals surface area (Å²) in [4.78, 5) is 22.7. The molecular weight excluding hydrogens is 344 g/mol. The topological polar surface area (TPSA) is 42.9 Å². The van der Waals surface area contributed by atoms with E-state index in [1.54, 1.807) is 18.5 Å². The van der Waals surface area contributed by atoms with Gasteiger partial charge in [0, 0.05) is 24.2 Å². The summed E-state index contributed by atoms with van der Waals surface area (Å²) in [6.45, 7) is 0. The van der Waals surface area contributed by atoms with Crippen molar-refractivity contribution in [1.29, 1.82) is 0 Å². The van der Waals surface area contributed by atoms with Crippen LogP contribution in [0.5, 0.6) is 0 Å². The van der Waals surface area contributed by atoms with Gasteiger partial charge in [-0.1, -0.05) is 30.3 Å². The quantitative estimate of drug-likeness (QED) is 0.634. The molecule has 0 N–H and O–H groups in total. The predicted octanol–water partition coefficient (Wildman–Crippen LogP) is 4.62. The number of fused-ring (bicyclic) bond motifs is 3. The van der Waals surface area contributed by atoms with Gasteiger partial charge in [0.2, 0.25) is 0 Å². The zero-order chi connectivity index (χ0) is 18.7. The minimum absolute atomic E-state index is 0.113. The van der Waals surface area contributed by atoms with Crippen molar-refractivity contribution in [2.24, 2.45) is 0 Å². The number of pyridine rings is 2. The van der Waals surface area contributed by atoms with Gasteiger partial charge in [-0.05, 0) is 76.9 Å². The third kappa shape index (κ3) is 1.81. The molecule has 3 nitrogen and oxygen atoms in total. The average molecular weight is 362 g/mol. The van der Waals surface area contributed by atoms with Crippen LogP contribution in [-0.4, -0.2) is 15.8 Å². The zero-order valence-electron chi connectivity index (χ0n) is 15.4. The Morgan fingerprint density at radius 2 is 1.79 bits per heavy atom. The summed E-state index contributed by atoms with van der Waals surface area (Å²) < 4.78 is 0. The second-order valence-corrected chi connectivity index (χ2v) is 7.67. The number of aryl methyl sites for hydroxylation is 1. The number of allylic oxidation sites excluding steroid dienone is 3. The maximum Gasteiger partial charge on any atom is 0.175 e. The fourth-order valence-electron chi connectivity index (χ4n) is 5.39. The van der Waals surface area contributed by atoms with Crippen molar-refractivity contribution in [1.82, 2.24) is 9.97 Å². The van der Waals surface area contributed by atoms with Crippen molar-refractivity contribution < 1.29 is 4.79 Å². The Kier molecular flexibility index (Phi) is 3.13. The van der Waals surface area contributed by atoms with Crippen molar-refractivity contribution in [2.75, 3.05) is 0 Å². The number of aromatic nitrogens is 2. The van der Waals surface area contributed by atoms with E-state index in [9.17, 15) is 4.79 Å². The largest absolute Gasteiger partial charge is 0.293 e. The molecule has 0 saturated heterocycles. The first-order valence-electron chi connectivity index (χ1n) is 9.76. The molecule has 0 amide bonds. The van der Waals surface area contributed by atoms with Gasteiger partial charge in [0.1, 0.15) is 5.41 Å². The van der Waals surface area contributed by atoms with Crippen LogP contribution in [0.25, 0.3) is 17.2 Å². The average Bonchev–Trinajstić information content (AvgIpc) is 3.05. The Morgan fingerprint density at radius 1 is 0.893 bits per heavy atom. The van der Waals surface area contributed by atoms with Gasteiger partial charge in [-0.2, -0.15) is 0 Å². The second-order valence-electron chi connectivity index (χ2n) is 7.67. The highest BCUT2D eigenvalue weighted by atomic mass is 16.1. The summed E-state index contributed by atoms with van der Waals surface area (Å²) in [6.07, 6.45) is 12.2. The van der Waals surface area contributed by atoms with Crippen LogP contribution in [0.4, 0.5) is 0 Å². The molecule has 3 aliphatic carbocycles. The summed E-state index contributed by atoms with van der Waals surface area (Å²) in [6, 6.07) is 14.5. The molecule has 0 unspecified atom stereocenters. The zero-order valence-corrected chi connectivity index (χ0v) is 15.4. The smallest absolute Gasteiger partial charge is 0.175 e. The molecule has 1 aromatic carbocycles. The van der Waals surface area contributed by atoms with E-state index in [1.807, 2.05) is 24.4 Å². The Morgan fingerprint density at radius 3 is 2.68 bits per heavy atom. The molecule has 0 saturated carbocycles. The van der Waals surface area contributed by atoms with E-state index in [2.05, 4.69) is 40.3 Å². The van der Waals surface area contributed by atoms with Crippen molar-refractivity contribution in [2.45, 2.75) is 24.7 Å². The number of hydrogen-bond donors (Lipinski definition) is 0. The fourth-order valence-corrected chi connectivity index (χ4v) is 5.39. The lowest BCUT2D eigenvalue weighted by molar-refractivity contribution is -0.116. The minimum Gasteiger partial charge on any atom is -0.293 e. The van der Waals surface area contributed by atoms with Gasteiger partial charge in [-0.25, -0.2) is 0 Å². The van der Waals surface area contributed by atoms with Gasteiger partial charge < -0.3 is 0 Å². The summed E-state index contributed by atoms with van der Waals surface area (Å²) in [5, 5.41) is 0. The van der Waals surface area contributed by atoms with Crippen LogP contribution in [0, 0.1) is 0 Å². The Labute approximate surface area is 163 Å². The van der Waals surface area contributed by atoms with Gasteiger partial charge in [0.05, 0.1) is 5.69 Å². The lowest BCUT2D eigenvalue weighted by Crippen LogP contribution is -2.38. The van der Waals surface area contributed by atoms with E-state index in [4.69, 9.17) is 0 Å². The molecule has 3 aliphatic rings. The monoisotopic (exact) mass is 362 g/mol. The van der Waals surface area contributed by atoms with Crippen LogP contribution in [-0.2, 0) is 16.6 Å². The molecule has 6 rings (SSSR count). The summed E-state index contributed by atoms with van der Waals surface area (Å²) in [5.41, 5.74) is 8.22. The van der Waals surface area contributed by atoms with Gasteiger partial charge in [0.25, 0.3) is 0 Å². The summed E-state index contributed by atoms with van der Waals surface area (Å²) in [7, 11) is 0. The number of hydrogen-bond acceptors (Lipinski definition) is 3. The molecule has 0 radical (unpaired) electrons. The minimum atomic E-state index is -0.827. The van der Waals surface area contributed by atoms with Crippen LogP contribution in [0.15, 0.2) is 67.1 Å². The Bertz CT molecular complexity index is 1210. The summed E-state index contributed by atoms with van der Waals surface area (Å²) >= 11 is 0. The first kappa shape index (κ1) is 15.7. The lowest BCUT2D eigenvalue weighted by atomic mass is 9.64. The number of carbonyl (C=O) groups is 1. The highest BCUT2D eigenvalue weighted by Gasteiger charge is 2.54. The predicted molar refractivity (Wildman–Crippen MR) is 109 cm³/mol. The molecule has 0 fully saturated rings. The van der Waals surface area contributed by atoms with Crippen LogP contribution < -0.4 is 0 Å². The van der Waals surface area contributed by atoms with E-state index in [0.717, 1.165) is 47.2 Å². The second kappa shape index (κ2) is 5.59. The van der Waals surface area contributed by atoms with Gasteiger partial charge in [0.15, 0.2) is 5.78 Å². The van der Waals surface area contributed by atoms with Crippen LogP contribution in [0.1, 0.15) is 46.4 Å². The van der Waals surface area contributed by atoms with Crippen molar-refractivity contribution in [3.05, 3.63) is 101 Å². The van der Waals surface area contributed by atoms with E-state index in [0.29, 0.717) is 0 Å². The van der Waals surface area contributed by atoms with Crippen molar-refractivity contribution in [3.63, 3.8) is 0 Å². The van der Waals surface area contributed by atoms with Crippen LogP contribution in [0.3, 0.4) is 0 Å². The van der Waals surface area contributed by atoms with Gasteiger partial charge in [-0.15, -0.1) is 0 Å². The maximum atomic E-state index is 13.8. The highest BCUT2D eigenvalue weighted by molar-refractivity contribution is 6.23.